The minimum Gasteiger partial charge on any atom is -0.490 e. The molecule has 0 aromatic heterocycles. The van der Waals surface area contributed by atoms with Crippen LogP contribution in [0.5, 0.6) is 11.5 Å². The molecule has 0 saturated carbocycles. The topological polar surface area (TPSA) is 62.5 Å². The zero-order chi connectivity index (χ0) is 12.7. The van der Waals surface area contributed by atoms with Gasteiger partial charge in [-0.05, 0) is 31.5 Å². The van der Waals surface area contributed by atoms with Crippen LogP contribution >= 0.6 is 0 Å². The number of ether oxygens (including phenoxy) is 2. The van der Waals surface area contributed by atoms with Crippen LogP contribution in [0.25, 0.3) is 0 Å². The van der Waals surface area contributed by atoms with Crippen molar-refractivity contribution in [3.8, 4) is 17.6 Å². The molecule has 0 saturated heterocycles. The van der Waals surface area contributed by atoms with Crippen molar-refractivity contribution in [1.82, 2.24) is 0 Å². The van der Waals surface area contributed by atoms with Crippen molar-refractivity contribution < 1.29 is 14.6 Å². The monoisotopic (exact) mass is 235 g/mol. The molecule has 1 atom stereocenters. The minimum absolute atomic E-state index is 0.198. The van der Waals surface area contributed by atoms with Crippen molar-refractivity contribution in [2.45, 2.75) is 19.8 Å². The predicted molar refractivity (Wildman–Crippen MR) is 64.2 cm³/mol. The molecule has 1 N–H and O–H groups in total. The van der Waals surface area contributed by atoms with Crippen LogP contribution in [0.2, 0.25) is 0 Å². The number of nitriles is 1. The molecular weight excluding hydrogens is 218 g/mol. The second-order valence-corrected chi connectivity index (χ2v) is 3.44. The van der Waals surface area contributed by atoms with Crippen LogP contribution in [0.4, 0.5) is 0 Å². The summed E-state index contributed by atoms with van der Waals surface area (Å²) in [5.74, 6) is 0.748. The molecule has 0 heterocycles. The first-order valence-corrected chi connectivity index (χ1v) is 5.66. The fraction of sp³-hybridized carbons (Fsp3) is 0.462. The summed E-state index contributed by atoms with van der Waals surface area (Å²) in [5, 5.41) is 18.0. The maximum atomic E-state index is 9.08. The highest BCUT2D eigenvalue weighted by Gasteiger charge is 2.13. The number of aliphatic hydroxyl groups is 1. The molecule has 4 nitrogen and oxygen atoms in total. The van der Waals surface area contributed by atoms with Gasteiger partial charge in [-0.2, -0.15) is 5.26 Å². The number of hydrogen-bond donors (Lipinski definition) is 1. The Bertz CT molecular complexity index is 398. The summed E-state index contributed by atoms with van der Waals surface area (Å²) in [6.45, 7) is 4.67. The third kappa shape index (κ3) is 3.36. The Morgan fingerprint density at radius 2 is 1.88 bits per heavy atom. The van der Waals surface area contributed by atoms with Gasteiger partial charge in [0.2, 0.25) is 0 Å². The fourth-order valence-corrected chi connectivity index (χ4v) is 1.51. The van der Waals surface area contributed by atoms with Gasteiger partial charge in [0.15, 0.2) is 11.5 Å². The first-order valence-electron chi connectivity index (χ1n) is 5.66. The molecule has 0 aliphatic carbocycles. The molecule has 17 heavy (non-hydrogen) atoms. The number of nitrogens with zero attached hydrogens (tertiary/aromatic N) is 1. The van der Waals surface area contributed by atoms with Gasteiger partial charge in [0.1, 0.15) is 0 Å². The molecule has 92 valence electrons. The van der Waals surface area contributed by atoms with Crippen LogP contribution in [0, 0.1) is 11.3 Å². The van der Waals surface area contributed by atoms with Crippen molar-refractivity contribution >= 4 is 0 Å². The van der Waals surface area contributed by atoms with Crippen molar-refractivity contribution in [3.63, 3.8) is 0 Å². The molecule has 0 fully saturated rings. The minimum atomic E-state index is -0.523. The first-order chi connectivity index (χ1) is 8.26. The zero-order valence-electron chi connectivity index (χ0n) is 10.1. The lowest BCUT2D eigenvalue weighted by Crippen LogP contribution is -2.04. The second kappa shape index (κ2) is 6.77. The van der Waals surface area contributed by atoms with Gasteiger partial charge in [-0.15, -0.1) is 0 Å². The van der Waals surface area contributed by atoms with Crippen molar-refractivity contribution in [2.24, 2.45) is 0 Å². The van der Waals surface area contributed by atoms with E-state index >= 15 is 0 Å². The van der Waals surface area contributed by atoms with Crippen LogP contribution in [0.3, 0.4) is 0 Å². The maximum Gasteiger partial charge on any atom is 0.161 e. The molecule has 0 bridgehead atoms. The molecule has 0 aliphatic rings. The Labute approximate surface area is 101 Å². The first kappa shape index (κ1) is 13.3. The highest BCUT2D eigenvalue weighted by Crippen LogP contribution is 2.31. The SMILES string of the molecule is CCOc1ccc(C(C#N)CO)cc1OCC. The van der Waals surface area contributed by atoms with Gasteiger partial charge in [0, 0.05) is 0 Å². The van der Waals surface area contributed by atoms with Gasteiger partial charge in [-0.1, -0.05) is 6.07 Å². The van der Waals surface area contributed by atoms with Crippen LogP contribution in [0.15, 0.2) is 18.2 Å². The van der Waals surface area contributed by atoms with E-state index in [0.717, 1.165) is 5.56 Å². The molecule has 0 amide bonds. The Kier molecular flexibility index (Phi) is 5.31. The van der Waals surface area contributed by atoms with Crippen molar-refractivity contribution in [1.29, 1.82) is 5.26 Å². The third-order valence-corrected chi connectivity index (χ3v) is 2.31. The Morgan fingerprint density at radius 3 is 2.41 bits per heavy atom. The third-order valence-electron chi connectivity index (χ3n) is 2.31. The van der Waals surface area contributed by atoms with E-state index in [2.05, 4.69) is 0 Å². The van der Waals surface area contributed by atoms with Gasteiger partial charge in [-0.25, -0.2) is 0 Å². The highest BCUT2D eigenvalue weighted by molar-refractivity contribution is 5.45. The quantitative estimate of drug-likeness (QED) is 0.820. The van der Waals surface area contributed by atoms with Crippen LogP contribution in [0.1, 0.15) is 25.3 Å². The average molecular weight is 235 g/mol. The lowest BCUT2D eigenvalue weighted by Gasteiger charge is -2.13. The van der Waals surface area contributed by atoms with E-state index in [0.29, 0.717) is 24.7 Å². The number of rotatable bonds is 6. The van der Waals surface area contributed by atoms with E-state index in [1.807, 2.05) is 19.9 Å². The van der Waals surface area contributed by atoms with E-state index in [9.17, 15) is 0 Å². The molecule has 0 radical (unpaired) electrons. The van der Waals surface area contributed by atoms with Crippen molar-refractivity contribution in [3.05, 3.63) is 23.8 Å². The standard InChI is InChI=1S/C13H17NO3/c1-3-16-12-6-5-10(11(8-14)9-15)7-13(12)17-4-2/h5-7,11,15H,3-4,9H2,1-2H3. The van der Waals surface area contributed by atoms with Gasteiger partial charge in [-0.3, -0.25) is 0 Å². The average Bonchev–Trinajstić information content (AvgIpc) is 2.34. The van der Waals surface area contributed by atoms with Gasteiger partial charge >= 0.3 is 0 Å². The number of hydrogen-bond acceptors (Lipinski definition) is 4. The summed E-state index contributed by atoms with van der Waals surface area (Å²) in [4.78, 5) is 0. The number of aliphatic hydroxyl groups excluding tert-OH is 1. The van der Waals surface area contributed by atoms with Crippen LogP contribution in [-0.2, 0) is 0 Å². The van der Waals surface area contributed by atoms with E-state index in [1.165, 1.54) is 0 Å². The maximum absolute atomic E-state index is 9.08. The van der Waals surface area contributed by atoms with E-state index in [4.69, 9.17) is 19.8 Å². The fourth-order valence-electron chi connectivity index (χ4n) is 1.51. The predicted octanol–water partition coefficient (Wildman–Crippen LogP) is 2.08. The van der Waals surface area contributed by atoms with E-state index < -0.39 is 5.92 Å². The Morgan fingerprint density at radius 1 is 1.24 bits per heavy atom. The van der Waals surface area contributed by atoms with Crippen LogP contribution in [-0.4, -0.2) is 24.9 Å². The molecule has 0 aliphatic heterocycles. The molecule has 1 aromatic rings. The molecular formula is C13H17NO3. The van der Waals surface area contributed by atoms with E-state index in [-0.39, 0.29) is 6.61 Å². The second-order valence-electron chi connectivity index (χ2n) is 3.44. The summed E-state index contributed by atoms with van der Waals surface area (Å²) in [6, 6.07) is 7.33. The lowest BCUT2D eigenvalue weighted by molar-refractivity contribution is 0.280. The van der Waals surface area contributed by atoms with Crippen molar-refractivity contribution in [2.75, 3.05) is 19.8 Å². The van der Waals surface area contributed by atoms with Gasteiger partial charge in [0.05, 0.1) is 31.8 Å². The molecule has 1 rings (SSSR count). The largest absolute Gasteiger partial charge is 0.490 e. The van der Waals surface area contributed by atoms with Crippen LogP contribution < -0.4 is 9.47 Å². The lowest BCUT2D eigenvalue weighted by atomic mass is 10.0. The molecule has 1 unspecified atom stereocenters. The Balaban J connectivity index is 3.04. The summed E-state index contributed by atoms with van der Waals surface area (Å²) < 4.78 is 10.9. The van der Waals surface area contributed by atoms with E-state index in [1.54, 1.807) is 18.2 Å². The molecule has 4 heteroatoms. The summed E-state index contributed by atoms with van der Waals surface area (Å²) >= 11 is 0. The summed E-state index contributed by atoms with van der Waals surface area (Å²) in [6.07, 6.45) is 0. The zero-order valence-corrected chi connectivity index (χ0v) is 10.1. The highest BCUT2D eigenvalue weighted by atomic mass is 16.5. The van der Waals surface area contributed by atoms with Gasteiger partial charge < -0.3 is 14.6 Å². The smallest absolute Gasteiger partial charge is 0.161 e. The summed E-state index contributed by atoms with van der Waals surface area (Å²) in [7, 11) is 0. The molecule has 1 aromatic carbocycles. The normalized spacial score (nSPS) is 11.6. The van der Waals surface area contributed by atoms with Gasteiger partial charge in [0.25, 0.3) is 0 Å². The number of benzene rings is 1. The molecule has 0 spiro atoms. The summed E-state index contributed by atoms with van der Waals surface area (Å²) in [5.41, 5.74) is 0.738. The Hall–Kier alpha value is -1.73.